The molecule has 1 aliphatic carbocycles. The van der Waals surface area contributed by atoms with Crippen molar-refractivity contribution < 1.29 is 23.9 Å². The van der Waals surface area contributed by atoms with Gasteiger partial charge in [0, 0.05) is 27.1 Å². The maximum Gasteiger partial charge on any atom is 0.330 e. The number of halogens is 1. The topological polar surface area (TPSA) is 69.7 Å². The molecule has 1 saturated carbocycles. The second kappa shape index (κ2) is 9.17. The van der Waals surface area contributed by atoms with Crippen LogP contribution < -0.4 is 4.74 Å². The van der Waals surface area contributed by atoms with E-state index in [4.69, 9.17) is 9.47 Å². The van der Waals surface area contributed by atoms with Gasteiger partial charge in [-0.1, -0.05) is 109 Å². The molecule has 182 valence electrons. The minimum Gasteiger partial charge on any atom is -0.425 e. The molecule has 0 N–H and O–H groups in total. The number of allylic oxidation sites excluding steroid dienone is 1. The summed E-state index contributed by atoms with van der Waals surface area (Å²) in [7, 11) is 0. The minimum absolute atomic E-state index is 0.263. The maximum absolute atomic E-state index is 14.2. The average Bonchev–Trinajstić information content (AvgIpc) is 3.58. The van der Waals surface area contributed by atoms with Gasteiger partial charge < -0.3 is 9.47 Å². The van der Waals surface area contributed by atoms with Crippen LogP contribution in [0.4, 0.5) is 0 Å². The Bertz CT molecular complexity index is 1380. The fourth-order valence-corrected chi connectivity index (χ4v) is 6.01. The lowest BCUT2D eigenvalue weighted by Gasteiger charge is -2.24. The molecule has 3 atom stereocenters. The van der Waals surface area contributed by atoms with Crippen molar-refractivity contribution in [1.29, 1.82) is 0 Å². The Hall–Kier alpha value is -3.51. The largest absolute Gasteiger partial charge is 0.425 e. The number of esters is 2. The number of fused-ring (bicyclic) bond motifs is 3. The number of hydrogen-bond acceptors (Lipinski definition) is 5. The Morgan fingerprint density at radius 2 is 1.47 bits per heavy atom. The first kappa shape index (κ1) is 24.2. The van der Waals surface area contributed by atoms with Gasteiger partial charge in [0.1, 0.15) is 11.5 Å². The molecule has 1 fully saturated rings. The molecule has 0 spiro atoms. The van der Waals surface area contributed by atoms with Crippen LogP contribution in [0.3, 0.4) is 0 Å². The van der Waals surface area contributed by atoms with Gasteiger partial charge in [-0.05, 0) is 18.9 Å². The van der Waals surface area contributed by atoms with Crippen LogP contribution in [0.15, 0.2) is 89.4 Å². The van der Waals surface area contributed by atoms with E-state index in [0.29, 0.717) is 39.1 Å². The third-order valence-corrected chi connectivity index (χ3v) is 8.33. The Balaban J connectivity index is 1.67. The first-order valence-electron chi connectivity index (χ1n) is 12.0. The highest BCUT2D eigenvalue weighted by Crippen LogP contribution is 2.80. The normalized spacial score (nSPS) is 24.5. The molecule has 0 unspecified atom stereocenters. The standard InChI is InChI=1S/C30H25BrO5/c1-3-22(31)24(19-13-7-5-8-14-19)36-28(34)30-25(21-17-11-12-18-23(21)35-27(30)33)29(30,4-2)26(32)20-15-9-6-10-16-20/h5-18,25H,3-4H2,1-2H3/b24-22+/t25-,29-,30+/m0/s1. The summed E-state index contributed by atoms with van der Waals surface area (Å²) in [5, 5.41) is 0. The van der Waals surface area contributed by atoms with Gasteiger partial charge in [-0.2, -0.15) is 0 Å². The smallest absolute Gasteiger partial charge is 0.330 e. The van der Waals surface area contributed by atoms with Crippen LogP contribution in [0.1, 0.15) is 54.1 Å². The summed E-state index contributed by atoms with van der Waals surface area (Å²) < 4.78 is 12.4. The van der Waals surface area contributed by atoms with Crippen molar-refractivity contribution in [3.8, 4) is 5.75 Å². The fraction of sp³-hybridized carbons (Fsp3) is 0.233. The van der Waals surface area contributed by atoms with Gasteiger partial charge in [-0.15, -0.1) is 0 Å². The molecule has 0 aromatic heterocycles. The second-order valence-corrected chi connectivity index (χ2v) is 9.99. The minimum atomic E-state index is -1.79. The van der Waals surface area contributed by atoms with Crippen molar-refractivity contribution in [3.63, 3.8) is 0 Å². The molecule has 6 heteroatoms. The molecule has 0 amide bonds. The van der Waals surface area contributed by atoms with Crippen molar-refractivity contribution in [2.45, 2.75) is 32.6 Å². The molecule has 0 radical (unpaired) electrons. The number of carbonyl (C=O) groups excluding carboxylic acids is 3. The summed E-state index contributed by atoms with van der Waals surface area (Å²) in [5.74, 6) is -1.77. The summed E-state index contributed by atoms with van der Waals surface area (Å²) in [6.45, 7) is 3.76. The fourth-order valence-electron chi connectivity index (χ4n) is 5.70. The van der Waals surface area contributed by atoms with Crippen molar-refractivity contribution in [3.05, 3.63) is 106 Å². The van der Waals surface area contributed by atoms with Crippen LogP contribution in [-0.2, 0) is 14.3 Å². The number of ketones is 1. The van der Waals surface area contributed by atoms with Crippen LogP contribution in [-0.4, -0.2) is 17.7 Å². The van der Waals surface area contributed by atoms with E-state index in [1.165, 1.54) is 0 Å². The van der Waals surface area contributed by atoms with E-state index in [2.05, 4.69) is 15.9 Å². The van der Waals surface area contributed by atoms with Gasteiger partial charge in [-0.25, -0.2) is 0 Å². The lowest BCUT2D eigenvalue weighted by molar-refractivity contribution is -0.158. The molecule has 0 bridgehead atoms. The highest BCUT2D eigenvalue weighted by molar-refractivity contribution is 9.11. The Kier molecular flexibility index (Phi) is 6.17. The number of ether oxygens (including phenoxy) is 2. The first-order valence-corrected chi connectivity index (χ1v) is 12.8. The van der Waals surface area contributed by atoms with Crippen LogP contribution >= 0.6 is 15.9 Å². The lowest BCUT2D eigenvalue weighted by atomic mass is 9.83. The Morgan fingerprint density at radius 1 is 0.889 bits per heavy atom. The van der Waals surface area contributed by atoms with Crippen molar-refractivity contribution in [1.82, 2.24) is 0 Å². The molecular weight excluding hydrogens is 520 g/mol. The van der Waals surface area contributed by atoms with Crippen LogP contribution in [0.5, 0.6) is 5.75 Å². The van der Waals surface area contributed by atoms with Gasteiger partial charge in [0.25, 0.3) is 0 Å². The number of hydrogen-bond donors (Lipinski definition) is 0. The van der Waals surface area contributed by atoms with Gasteiger partial charge in [0.15, 0.2) is 11.2 Å². The van der Waals surface area contributed by atoms with Gasteiger partial charge >= 0.3 is 11.9 Å². The zero-order chi connectivity index (χ0) is 25.5. The lowest BCUT2D eigenvalue weighted by Crippen LogP contribution is -2.40. The van der Waals surface area contributed by atoms with Gasteiger partial charge in [-0.3, -0.25) is 14.4 Å². The van der Waals surface area contributed by atoms with Crippen molar-refractivity contribution in [2.24, 2.45) is 10.8 Å². The monoisotopic (exact) mass is 544 g/mol. The summed E-state index contributed by atoms with van der Waals surface area (Å²) in [6, 6.07) is 25.1. The third-order valence-electron chi connectivity index (χ3n) is 7.41. The average molecular weight is 545 g/mol. The van der Waals surface area contributed by atoms with Crippen LogP contribution in [0, 0.1) is 10.8 Å². The zero-order valence-electron chi connectivity index (χ0n) is 20.0. The Labute approximate surface area is 218 Å². The van der Waals surface area contributed by atoms with E-state index in [9.17, 15) is 14.4 Å². The molecule has 3 aromatic rings. The van der Waals surface area contributed by atoms with E-state index < -0.39 is 28.7 Å². The highest BCUT2D eigenvalue weighted by Gasteiger charge is 2.90. The molecule has 1 heterocycles. The van der Waals surface area contributed by atoms with Gasteiger partial charge in [0.2, 0.25) is 0 Å². The second-order valence-electron chi connectivity index (χ2n) is 9.03. The number of rotatable bonds is 7. The summed E-state index contributed by atoms with van der Waals surface area (Å²) in [4.78, 5) is 42.0. The van der Waals surface area contributed by atoms with E-state index in [0.717, 1.165) is 0 Å². The Morgan fingerprint density at radius 3 is 2.08 bits per heavy atom. The van der Waals surface area contributed by atoms with Crippen molar-refractivity contribution in [2.75, 3.05) is 0 Å². The van der Waals surface area contributed by atoms with E-state index in [1.807, 2.05) is 62.4 Å². The maximum atomic E-state index is 14.2. The number of Topliss-reactive ketones (excluding diaryl/α,β-unsaturated/α-hetero) is 1. The van der Waals surface area contributed by atoms with Crippen molar-refractivity contribution >= 4 is 39.4 Å². The van der Waals surface area contributed by atoms with Crippen LogP contribution in [0.25, 0.3) is 5.76 Å². The predicted octanol–water partition coefficient (Wildman–Crippen LogP) is 6.69. The third kappa shape index (κ3) is 3.31. The SMILES string of the molecule is CC/C(Br)=C(\OC(=O)[C@]12C(=O)Oc3ccccc3[C@H]1[C@@]2(CC)C(=O)c1ccccc1)c1ccccc1. The van der Waals surface area contributed by atoms with E-state index >= 15 is 0 Å². The quantitative estimate of drug-likeness (QED) is 0.109. The molecule has 2 aliphatic rings. The molecule has 3 aromatic carbocycles. The number of carbonyl (C=O) groups is 3. The molecule has 5 nitrogen and oxygen atoms in total. The predicted molar refractivity (Wildman–Crippen MR) is 139 cm³/mol. The molecule has 1 aliphatic heterocycles. The highest BCUT2D eigenvalue weighted by atomic mass is 79.9. The molecule has 36 heavy (non-hydrogen) atoms. The molecular formula is C30H25BrO5. The molecule has 0 saturated heterocycles. The summed E-state index contributed by atoms with van der Waals surface area (Å²) in [5.41, 5.74) is -1.31. The number of para-hydroxylation sites is 1. The first-order chi connectivity index (χ1) is 17.4. The molecule has 5 rings (SSSR count). The number of benzene rings is 3. The van der Waals surface area contributed by atoms with Crippen LogP contribution in [0.2, 0.25) is 0 Å². The van der Waals surface area contributed by atoms with Gasteiger partial charge in [0.05, 0.1) is 5.41 Å². The van der Waals surface area contributed by atoms with E-state index in [1.54, 1.807) is 36.4 Å². The summed E-state index contributed by atoms with van der Waals surface area (Å²) in [6.07, 6.45) is 0.840. The zero-order valence-corrected chi connectivity index (χ0v) is 21.6. The van der Waals surface area contributed by atoms with E-state index in [-0.39, 0.29) is 12.2 Å². The summed E-state index contributed by atoms with van der Waals surface area (Å²) >= 11 is 3.54.